The molecule has 98 valence electrons. The van der Waals surface area contributed by atoms with Gasteiger partial charge in [0.1, 0.15) is 0 Å². The molecule has 0 aliphatic carbocycles. The SMILES string of the molecule is CCOC(=O)c1csc(N2Cc3ccccc3C2)n1. The minimum absolute atomic E-state index is 0.346. The smallest absolute Gasteiger partial charge is 0.357 e. The molecule has 1 aliphatic rings. The first-order valence-corrected chi connectivity index (χ1v) is 7.10. The van der Waals surface area contributed by atoms with Crippen molar-refractivity contribution >= 4 is 22.4 Å². The number of benzene rings is 1. The summed E-state index contributed by atoms with van der Waals surface area (Å²) in [6.45, 7) is 3.88. The number of aromatic nitrogens is 1. The summed E-state index contributed by atoms with van der Waals surface area (Å²) in [4.78, 5) is 18.1. The summed E-state index contributed by atoms with van der Waals surface area (Å²) >= 11 is 1.49. The van der Waals surface area contributed by atoms with E-state index in [-0.39, 0.29) is 5.97 Å². The topological polar surface area (TPSA) is 42.4 Å². The van der Waals surface area contributed by atoms with Gasteiger partial charge in [0.05, 0.1) is 6.61 Å². The third-order valence-corrected chi connectivity index (χ3v) is 3.99. The number of hydrogen-bond donors (Lipinski definition) is 0. The zero-order valence-corrected chi connectivity index (χ0v) is 11.4. The molecular formula is C14H14N2O2S. The van der Waals surface area contributed by atoms with E-state index >= 15 is 0 Å². The normalized spacial score (nSPS) is 13.4. The first kappa shape index (κ1) is 12.2. The van der Waals surface area contributed by atoms with Crippen molar-refractivity contribution < 1.29 is 9.53 Å². The van der Waals surface area contributed by atoms with E-state index in [0.29, 0.717) is 12.3 Å². The maximum absolute atomic E-state index is 11.6. The van der Waals surface area contributed by atoms with Crippen LogP contribution >= 0.6 is 11.3 Å². The van der Waals surface area contributed by atoms with E-state index in [1.165, 1.54) is 22.5 Å². The Morgan fingerprint density at radius 2 is 2.05 bits per heavy atom. The lowest BCUT2D eigenvalue weighted by Crippen LogP contribution is -2.14. The van der Waals surface area contributed by atoms with Gasteiger partial charge in [-0.05, 0) is 18.1 Å². The average molecular weight is 274 g/mol. The highest BCUT2D eigenvalue weighted by Crippen LogP contribution is 2.30. The third kappa shape index (κ3) is 2.33. The molecule has 1 aromatic heterocycles. The summed E-state index contributed by atoms with van der Waals surface area (Å²) in [6.07, 6.45) is 0. The van der Waals surface area contributed by atoms with Gasteiger partial charge in [0.15, 0.2) is 10.8 Å². The fourth-order valence-corrected chi connectivity index (χ4v) is 2.97. The van der Waals surface area contributed by atoms with E-state index in [9.17, 15) is 4.79 Å². The van der Waals surface area contributed by atoms with Crippen LogP contribution in [0.3, 0.4) is 0 Å². The fourth-order valence-electron chi connectivity index (χ4n) is 2.18. The van der Waals surface area contributed by atoms with Crippen LogP contribution in [-0.2, 0) is 17.8 Å². The molecule has 3 rings (SSSR count). The number of nitrogens with zero attached hydrogens (tertiary/aromatic N) is 2. The van der Waals surface area contributed by atoms with Crippen LogP contribution in [0.1, 0.15) is 28.5 Å². The lowest BCUT2D eigenvalue weighted by atomic mass is 10.1. The molecule has 2 aromatic rings. The number of carbonyl (C=O) groups is 1. The van der Waals surface area contributed by atoms with Gasteiger partial charge < -0.3 is 9.64 Å². The molecule has 0 radical (unpaired) electrons. The second-order valence-corrected chi connectivity index (χ2v) is 5.20. The molecule has 1 aliphatic heterocycles. The van der Waals surface area contributed by atoms with Gasteiger partial charge in [-0.1, -0.05) is 24.3 Å². The zero-order valence-electron chi connectivity index (χ0n) is 10.6. The Kier molecular flexibility index (Phi) is 3.21. The molecule has 0 spiro atoms. The van der Waals surface area contributed by atoms with Gasteiger partial charge in [-0.2, -0.15) is 0 Å². The molecule has 1 aromatic carbocycles. The maximum Gasteiger partial charge on any atom is 0.357 e. The number of anilines is 1. The Hall–Kier alpha value is -1.88. The Bertz CT molecular complexity index is 584. The molecule has 0 N–H and O–H groups in total. The zero-order chi connectivity index (χ0) is 13.2. The van der Waals surface area contributed by atoms with Crippen LogP contribution < -0.4 is 4.90 Å². The van der Waals surface area contributed by atoms with Crippen LogP contribution in [0.15, 0.2) is 29.6 Å². The van der Waals surface area contributed by atoms with Crippen molar-refractivity contribution in [2.75, 3.05) is 11.5 Å². The highest BCUT2D eigenvalue weighted by atomic mass is 32.1. The first-order chi connectivity index (χ1) is 9.28. The Balaban J connectivity index is 1.77. The summed E-state index contributed by atoms with van der Waals surface area (Å²) in [5.41, 5.74) is 3.06. The fraction of sp³-hybridized carbons (Fsp3) is 0.286. The van der Waals surface area contributed by atoms with Gasteiger partial charge in [0.25, 0.3) is 0 Å². The van der Waals surface area contributed by atoms with Crippen LogP contribution in [0.4, 0.5) is 5.13 Å². The molecule has 0 fully saturated rings. The van der Waals surface area contributed by atoms with Crippen LogP contribution in [0, 0.1) is 0 Å². The number of fused-ring (bicyclic) bond motifs is 1. The van der Waals surface area contributed by atoms with Gasteiger partial charge >= 0.3 is 5.97 Å². The lowest BCUT2D eigenvalue weighted by molar-refractivity contribution is 0.0520. The number of thiazole rings is 1. The van der Waals surface area contributed by atoms with Gasteiger partial charge in [-0.25, -0.2) is 9.78 Å². The molecule has 2 heterocycles. The summed E-state index contributed by atoms with van der Waals surface area (Å²) in [7, 11) is 0. The molecule has 0 saturated heterocycles. The summed E-state index contributed by atoms with van der Waals surface area (Å²) < 4.78 is 4.95. The molecule has 4 nitrogen and oxygen atoms in total. The molecule has 0 bridgehead atoms. The number of rotatable bonds is 3. The maximum atomic E-state index is 11.6. The van der Waals surface area contributed by atoms with Gasteiger partial charge in [-0.3, -0.25) is 0 Å². The van der Waals surface area contributed by atoms with Crippen LogP contribution in [0.2, 0.25) is 0 Å². The van der Waals surface area contributed by atoms with Gasteiger partial charge in [-0.15, -0.1) is 11.3 Å². The number of carbonyl (C=O) groups excluding carboxylic acids is 1. The molecule has 0 saturated carbocycles. The first-order valence-electron chi connectivity index (χ1n) is 6.22. The van der Waals surface area contributed by atoms with E-state index in [2.05, 4.69) is 22.0 Å². The Morgan fingerprint density at radius 3 is 2.68 bits per heavy atom. The second kappa shape index (κ2) is 5.01. The predicted octanol–water partition coefficient (Wildman–Crippen LogP) is 2.84. The minimum atomic E-state index is -0.346. The van der Waals surface area contributed by atoms with Crippen molar-refractivity contribution in [3.8, 4) is 0 Å². The van der Waals surface area contributed by atoms with Crippen molar-refractivity contribution in [1.82, 2.24) is 4.98 Å². The number of ether oxygens (including phenoxy) is 1. The second-order valence-electron chi connectivity index (χ2n) is 4.36. The van der Waals surface area contributed by atoms with Crippen molar-refractivity contribution in [1.29, 1.82) is 0 Å². The Morgan fingerprint density at radius 1 is 1.37 bits per heavy atom. The lowest BCUT2D eigenvalue weighted by Gasteiger charge is -2.12. The van der Waals surface area contributed by atoms with Gasteiger partial charge in [0, 0.05) is 18.5 Å². The standard InChI is InChI=1S/C14H14N2O2S/c1-2-18-13(17)12-9-19-14(15-12)16-7-10-5-3-4-6-11(10)8-16/h3-6,9H,2,7-8H2,1H3. The van der Waals surface area contributed by atoms with Crippen molar-refractivity contribution in [3.63, 3.8) is 0 Å². The molecule has 19 heavy (non-hydrogen) atoms. The molecule has 0 atom stereocenters. The third-order valence-electron chi connectivity index (χ3n) is 3.09. The molecular weight excluding hydrogens is 260 g/mol. The van der Waals surface area contributed by atoms with E-state index in [1.807, 2.05) is 12.1 Å². The molecule has 5 heteroatoms. The quantitative estimate of drug-likeness (QED) is 0.807. The van der Waals surface area contributed by atoms with E-state index in [0.717, 1.165) is 18.2 Å². The van der Waals surface area contributed by atoms with Crippen LogP contribution in [-0.4, -0.2) is 17.6 Å². The summed E-state index contributed by atoms with van der Waals surface area (Å²) in [5, 5.41) is 2.63. The minimum Gasteiger partial charge on any atom is -0.461 e. The number of esters is 1. The van der Waals surface area contributed by atoms with Crippen molar-refractivity contribution in [3.05, 3.63) is 46.5 Å². The summed E-state index contributed by atoms with van der Waals surface area (Å²) in [5.74, 6) is -0.346. The highest BCUT2D eigenvalue weighted by Gasteiger charge is 2.22. The van der Waals surface area contributed by atoms with E-state index in [1.54, 1.807) is 12.3 Å². The largest absolute Gasteiger partial charge is 0.461 e. The van der Waals surface area contributed by atoms with Crippen LogP contribution in [0.25, 0.3) is 0 Å². The van der Waals surface area contributed by atoms with Gasteiger partial charge in [0.2, 0.25) is 0 Å². The Labute approximate surface area is 115 Å². The monoisotopic (exact) mass is 274 g/mol. The molecule has 0 amide bonds. The predicted molar refractivity (Wildman–Crippen MR) is 74.4 cm³/mol. The van der Waals surface area contributed by atoms with Crippen molar-refractivity contribution in [2.45, 2.75) is 20.0 Å². The summed E-state index contributed by atoms with van der Waals surface area (Å²) in [6, 6.07) is 8.37. The molecule has 0 unspecified atom stereocenters. The van der Waals surface area contributed by atoms with Crippen LogP contribution in [0.5, 0.6) is 0 Å². The highest BCUT2D eigenvalue weighted by molar-refractivity contribution is 7.13. The van der Waals surface area contributed by atoms with E-state index < -0.39 is 0 Å². The number of hydrogen-bond acceptors (Lipinski definition) is 5. The van der Waals surface area contributed by atoms with Crippen molar-refractivity contribution in [2.24, 2.45) is 0 Å². The average Bonchev–Trinajstić information content (AvgIpc) is 3.05. The van der Waals surface area contributed by atoms with E-state index in [4.69, 9.17) is 4.74 Å².